The quantitative estimate of drug-likeness (QED) is 0.271. The highest BCUT2D eigenvalue weighted by Gasteiger charge is 2.41. The first-order valence-electron chi connectivity index (χ1n) is 13.3. The summed E-state index contributed by atoms with van der Waals surface area (Å²) in [5.74, 6) is 0. The van der Waals surface area contributed by atoms with Crippen LogP contribution in [0.5, 0.6) is 0 Å². The lowest BCUT2D eigenvalue weighted by Crippen LogP contribution is -2.59. The standard InChI is InChI=1S/C32H27BN4/c1-16-18(3)31-34(20(16)5)26-14-7-10-22-29(26)36(31)24-12-9-13-25-28(24)33(22)23-11-8-15-27-30(23)37(25)32-19(4)17(2)21(6)35(27)32/h7-15H,1-6H3. The molecule has 0 bridgehead atoms. The number of fused-ring (bicyclic) bond motifs is 10. The van der Waals surface area contributed by atoms with Gasteiger partial charge in [0, 0.05) is 22.8 Å². The van der Waals surface area contributed by atoms with Gasteiger partial charge in [-0.3, -0.25) is 17.9 Å². The minimum absolute atomic E-state index is 0.209. The maximum atomic E-state index is 2.56. The van der Waals surface area contributed by atoms with Gasteiger partial charge < -0.3 is 0 Å². The molecule has 0 saturated heterocycles. The second-order valence-electron chi connectivity index (χ2n) is 11.2. The van der Waals surface area contributed by atoms with Gasteiger partial charge in [-0.25, -0.2) is 0 Å². The van der Waals surface area contributed by atoms with E-state index >= 15 is 0 Å². The monoisotopic (exact) mass is 478 g/mol. The Balaban J connectivity index is 1.57. The molecule has 0 N–H and O–H groups in total. The van der Waals surface area contributed by atoms with Crippen LogP contribution in [0.2, 0.25) is 0 Å². The van der Waals surface area contributed by atoms with Crippen LogP contribution in [0.15, 0.2) is 54.6 Å². The molecule has 0 fully saturated rings. The van der Waals surface area contributed by atoms with Crippen molar-refractivity contribution < 1.29 is 0 Å². The van der Waals surface area contributed by atoms with E-state index in [1.807, 2.05) is 0 Å². The molecule has 0 radical (unpaired) electrons. The number of aryl methyl sites for hydroxylation is 4. The van der Waals surface area contributed by atoms with Crippen molar-refractivity contribution in [2.75, 3.05) is 0 Å². The summed E-state index contributed by atoms with van der Waals surface area (Å²) in [6.45, 7) is 13.8. The SMILES string of the molecule is Cc1c(C)c2n3c4c(cccc4n2c1C)B1c2c-3cccc2-n2c3c1cccc3n1c(C)c(C)c(C)c21. The summed E-state index contributed by atoms with van der Waals surface area (Å²) in [5, 5.41) is 0. The van der Waals surface area contributed by atoms with Crippen LogP contribution in [-0.2, 0) is 0 Å². The summed E-state index contributed by atoms with van der Waals surface area (Å²) in [7, 11) is 0. The van der Waals surface area contributed by atoms with E-state index in [4.69, 9.17) is 0 Å². The van der Waals surface area contributed by atoms with Crippen molar-refractivity contribution in [1.82, 2.24) is 17.9 Å². The van der Waals surface area contributed by atoms with Gasteiger partial charge in [-0.2, -0.15) is 0 Å². The number of benzene rings is 3. The predicted octanol–water partition coefficient (Wildman–Crippen LogP) is 5.07. The minimum atomic E-state index is 0.209. The zero-order valence-corrected chi connectivity index (χ0v) is 22.1. The van der Waals surface area contributed by atoms with Gasteiger partial charge in [0.1, 0.15) is 11.3 Å². The first-order valence-corrected chi connectivity index (χ1v) is 13.3. The molecule has 0 aliphatic carbocycles. The summed E-state index contributed by atoms with van der Waals surface area (Å²) < 4.78 is 10.1. The second kappa shape index (κ2) is 6.05. The average molecular weight is 478 g/mol. The zero-order valence-electron chi connectivity index (χ0n) is 22.1. The number of imidazole rings is 2. The average Bonchev–Trinajstić information content (AvgIpc) is 3.57. The van der Waals surface area contributed by atoms with Crippen molar-refractivity contribution in [2.24, 2.45) is 0 Å². The Hall–Kier alpha value is -4.12. The Morgan fingerprint density at radius 2 is 0.946 bits per heavy atom. The molecule has 37 heavy (non-hydrogen) atoms. The summed E-state index contributed by atoms with van der Waals surface area (Å²) in [5.41, 5.74) is 23.0. The molecule has 9 rings (SSSR count). The largest absolute Gasteiger partial charge is 0.298 e. The van der Waals surface area contributed by atoms with Gasteiger partial charge in [-0.1, -0.05) is 30.3 Å². The van der Waals surface area contributed by atoms with Crippen LogP contribution >= 0.6 is 0 Å². The first kappa shape index (κ1) is 20.0. The van der Waals surface area contributed by atoms with Crippen LogP contribution in [0.4, 0.5) is 0 Å². The van der Waals surface area contributed by atoms with Crippen LogP contribution in [0.25, 0.3) is 44.7 Å². The van der Waals surface area contributed by atoms with Crippen LogP contribution in [0.3, 0.4) is 0 Å². The molecule has 0 saturated carbocycles. The lowest BCUT2D eigenvalue weighted by molar-refractivity contribution is 1.08. The Kier molecular flexibility index (Phi) is 3.27. The fraction of sp³-hybridized carbons (Fsp3) is 0.188. The molecule has 4 nitrogen and oxygen atoms in total. The molecular weight excluding hydrogens is 451 g/mol. The summed E-state index contributed by atoms with van der Waals surface area (Å²) in [6.07, 6.45) is 0. The van der Waals surface area contributed by atoms with Gasteiger partial charge in [0.25, 0.3) is 6.71 Å². The number of para-hydroxylation sites is 2. The zero-order chi connectivity index (χ0) is 25.1. The summed E-state index contributed by atoms with van der Waals surface area (Å²) >= 11 is 0. The predicted molar refractivity (Wildman–Crippen MR) is 155 cm³/mol. The van der Waals surface area contributed by atoms with Crippen LogP contribution in [0, 0.1) is 41.5 Å². The number of rotatable bonds is 0. The van der Waals surface area contributed by atoms with Crippen molar-refractivity contribution in [3.8, 4) is 11.4 Å². The molecule has 2 aliphatic heterocycles. The Bertz CT molecular complexity index is 2060. The number of nitrogens with zero attached hydrogens (tertiary/aromatic N) is 4. The molecule has 7 aromatic rings. The summed E-state index contributed by atoms with van der Waals surface area (Å²) in [4.78, 5) is 0. The van der Waals surface area contributed by atoms with E-state index in [0.717, 1.165) is 0 Å². The molecular formula is C32H27BN4. The first-order chi connectivity index (χ1) is 17.9. The van der Waals surface area contributed by atoms with Crippen molar-refractivity contribution in [2.45, 2.75) is 41.5 Å². The second-order valence-corrected chi connectivity index (χ2v) is 11.2. The highest BCUT2D eigenvalue weighted by atomic mass is 15.2. The van der Waals surface area contributed by atoms with E-state index in [1.54, 1.807) is 0 Å². The number of hydrogen-bond acceptors (Lipinski definition) is 0. The molecule has 6 heterocycles. The molecule has 2 aliphatic rings. The molecule has 5 heteroatoms. The van der Waals surface area contributed by atoms with Gasteiger partial charge in [0.15, 0.2) is 0 Å². The molecule has 0 atom stereocenters. The van der Waals surface area contributed by atoms with Gasteiger partial charge in [0.05, 0.1) is 22.1 Å². The topological polar surface area (TPSA) is 18.7 Å². The van der Waals surface area contributed by atoms with Crippen LogP contribution in [-0.4, -0.2) is 24.6 Å². The molecule has 4 aromatic heterocycles. The van der Waals surface area contributed by atoms with Crippen molar-refractivity contribution in [3.05, 3.63) is 88.2 Å². The smallest absolute Gasteiger partial charge is 0.252 e. The van der Waals surface area contributed by atoms with E-state index in [9.17, 15) is 0 Å². The lowest BCUT2D eigenvalue weighted by atomic mass is 9.34. The van der Waals surface area contributed by atoms with E-state index < -0.39 is 0 Å². The number of hydrogen-bond donors (Lipinski definition) is 0. The van der Waals surface area contributed by atoms with E-state index in [2.05, 4.69) is 114 Å². The minimum Gasteiger partial charge on any atom is -0.298 e. The molecule has 0 spiro atoms. The summed E-state index contributed by atoms with van der Waals surface area (Å²) in [6, 6.07) is 20.8. The fourth-order valence-electron chi connectivity index (χ4n) is 7.79. The van der Waals surface area contributed by atoms with Gasteiger partial charge >= 0.3 is 0 Å². The van der Waals surface area contributed by atoms with Gasteiger partial charge in [0.2, 0.25) is 0 Å². The Morgan fingerprint density at radius 3 is 1.41 bits per heavy atom. The van der Waals surface area contributed by atoms with E-state index in [1.165, 1.54) is 94.8 Å². The maximum absolute atomic E-state index is 2.56. The van der Waals surface area contributed by atoms with Crippen molar-refractivity contribution in [1.29, 1.82) is 0 Å². The maximum Gasteiger partial charge on any atom is 0.252 e. The third-order valence-corrected chi connectivity index (χ3v) is 9.87. The fourth-order valence-corrected chi connectivity index (χ4v) is 7.79. The van der Waals surface area contributed by atoms with Crippen LogP contribution < -0.4 is 16.4 Å². The van der Waals surface area contributed by atoms with E-state index in [-0.39, 0.29) is 6.71 Å². The molecule has 0 amide bonds. The number of aromatic nitrogens is 4. The van der Waals surface area contributed by atoms with Crippen molar-refractivity contribution >= 4 is 56.5 Å². The highest BCUT2D eigenvalue weighted by Crippen LogP contribution is 2.38. The highest BCUT2D eigenvalue weighted by molar-refractivity contribution is 7.00. The normalized spacial score (nSPS) is 13.6. The van der Waals surface area contributed by atoms with Crippen LogP contribution in [0.1, 0.15) is 33.6 Å². The van der Waals surface area contributed by atoms with Crippen molar-refractivity contribution in [3.63, 3.8) is 0 Å². The molecule has 3 aromatic carbocycles. The Labute approximate surface area is 215 Å². The van der Waals surface area contributed by atoms with E-state index in [0.29, 0.717) is 0 Å². The van der Waals surface area contributed by atoms with Gasteiger partial charge in [-0.15, -0.1) is 0 Å². The lowest BCUT2D eigenvalue weighted by Gasteiger charge is -2.32. The third kappa shape index (κ3) is 1.92. The molecule has 178 valence electrons. The third-order valence-electron chi connectivity index (χ3n) is 9.87. The molecule has 0 unspecified atom stereocenters. The van der Waals surface area contributed by atoms with Gasteiger partial charge in [-0.05, 0) is 104 Å². The Morgan fingerprint density at radius 1 is 0.514 bits per heavy atom.